The third-order valence-corrected chi connectivity index (χ3v) is 10.3. The molecule has 0 saturated carbocycles. The first-order valence-corrected chi connectivity index (χ1v) is 11.6. The van der Waals surface area contributed by atoms with Crippen LogP contribution in [0.5, 0.6) is 0 Å². The Morgan fingerprint density at radius 3 is 1.82 bits per heavy atom. The number of nitrogens with zero attached hydrogens (tertiary/aromatic N) is 1. The average molecular weight is 289 g/mol. The zero-order valence-electron chi connectivity index (χ0n) is 8.39. The number of rotatable bonds is 5. The van der Waals surface area contributed by atoms with Crippen LogP contribution in [-0.2, 0) is 0 Å². The quantitative estimate of drug-likeness (QED) is 0.277. The maximum absolute atomic E-state index is 2.55. The Bertz CT molecular complexity index is 96.8. The standard InChI is InChI=1S/C8H21INP/c1-6-10(7-2)8-9-11(3,4)5/h6-8H2,1-5H3. The van der Waals surface area contributed by atoms with Crippen molar-refractivity contribution < 1.29 is 20.7 Å². The summed E-state index contributed by atoms with van der Waals surface area (Å²) in [5.41, 5.74) is 0. The van der Waals surface area contributed by atoms with Gasteiger partial charge in [-0.15, -0.1) is 0 Å². The molecule has 0 aliphatic heterocycles. The van der Waals surface area contributed by atoms with E-state index in [1.165, 1.54) is 17.6 Å². The van der Waals surface area contributed by atoms with Crippen LogP contribution in [0.4, 0.5) is 0 Å². The molecule has 0 aliphatic rings. The molecule has 0 spiro atoms. The van der Waals surface area contributed by atoms with Crippen LogP contribution in [-0.4, -0.2) is 42.5 Å². The number of hydrogen-bond acceptors (Lipinski definition) is 1. The predicted octanol–water partition coefficient (Wildman–Crippen LogP) is -0.803. The second-order valence-electron chi connectivity index (χ2n) is 3.39. The second-order valence-corrected chi connectivity index (χ2v) is 18.7. The molecule has 0 radical (unpaired) electrons. The Hall–Kier alpha value is 1.12. The molecule has 0 aromatic carbocycles. The summed E-state index contributed by atoms with van der Waals surface area (Å²) < 4.78 is 1.41. The van der Waals surface area contributed by atoms with Crippen LogP contribution in [0.25, 0.3) is 0 Å². The molecule has 0 aromatic rings. The molecule has 0 rings (SSSR count). The topological polar surface area (TPSA) is 3.24 Å². The fraction of sp³-hybridized carbons (Fsp3) is 1.00. The molecule has 0 aromatic heterocycles. The van der Waals surface area contributed by atoms with Gasteiger partial charge in [-0.05, 0) is 0 Å². The fourth-order valence-electron chi connectivity index (χ4n) is 0.629. The molecule has 0 atom stereocenters. The third kappa shape index (κ3) is 7.48. The molecule has 1 nitrogen and oxygen atoms in total. The van der Waals surface area contributed by atoms with Crippen molar-refractivity contribution in [2.45, 2.75) is 13.8 Å². The van der Waals surface area contributed by atoms with E-state index in [2.05, 4.69) is 38.7 Å². The normalized spacial score (nSPS) is 12.9. The predicted molar refractivity (Wildman–Crippen MR) is 52.5 cm³/mol. The summed E-state index contributed by atoms with van der Waals surface area (Å²) >= 11 is 0.466. The van der Waals surface area contributed by atoms with E-state index < -0.39 is 4.90 Å². The summed E-state index contributed by atoms with van der Waals surface area (Å²) in [5, 5.41) is 0. The van der Waals surface area contributed by atoms with Gasteiger partial charge in [0, 0.05) is 0 Å². The molecule has 0 aliphatic carbocycles. The van der Waals surface area contributed by atoms with E-state index in [4.69, 9.17) is 0 Å². The minimum absolute atomic E-state index is 0.428. The van der Waals surface area contributed by atoms with Crippen molar-refractivity contribution in [2.24, 2.45) is 0 Å². The van der Waals surface area contributed by atoms with E-state index >= 15 is 0 Å². The molecule has 0 heterocycles. The van der Waals surface area contributed by atoms with Crippen molar-refractivity contribution in [3.05, 3.63) is 0 Å². The molecule has 0 amide bonds. The van der Waals surface area contributed by atoms with Gasteiger partial charge in [0.05, 0.1) is 0 Å². The van der Waals surface area contributed by atoms with Gasteiger partial charge in [-0.2, -0.15) is 0 Å². The van der Waals surface area contributed by atoms with Gasteiger partial charge in [-0.1, -0.05) is 0 Å². The summed E-state index contributed by atoms with van der Waals surface area (Å²) in [6, 6.07) is 0. The molecule has 3 heteroatoms. The molecule has 0 saturated heterocycles. The van der Waals surface area contributed by atoms with Crippen LogP contribution >= 0.6 is 4.90 Å². The van der Waals surface area contributed by atoms with E-state index in [1.807, 2.05) is 0 Å². The summed E-state index contributed by atoms with van der Waals surface area (Å²) in [6.07, 6.45) is 0. The Labute approximate surface area is 81.9 Å². The zero-order chi connectivity index (χ0) is 8.91. The number of halogens is 1. The van der Waals surface area contributed by atoms with Gasteiger partial charge < -0.3 is 0 Å². The summed E-state index contributed by atoms with van der Waals surface area (Å²) in [6.45, 7) is 14.4. The second kappa shape index (κ2) is 5.71. The molecular formula is C8H21INP. The van der Waals surface area contributed by atoms with E-state index in [1.54, 1.807) is 0 Å². The molecule has 70 valence electrons. The average Bonchev–Trinajstić information content (AvgIpc) is 1.88. The van der Waals surface area contributed by atoms with Gasteiger partial charge in [0.15, 0.2) is 0 Å². The van der Waals surface area contributed by atoms with E-state index in [0.717, 1.165) is 0 Å². The zero-order valence-corrected chi connectivity index (χ0v) is 11.4. The van der Waals surface area contributed by atoms with Crippen molar-refractivity contribution in [1.82, 2.24) is 4.90 Å². The molecule has 0 fully saturated rings. The van der Waals surface area contributed by atoms with Gasteiger partial charge >= 0.3 is 81.9 Å². The Balaban J connectivity index is 3.51. The third-order valence-electron chi connectivity index (χ3n) is 1.48. The maximum atomic E-state index is 2.55. The molecule has 0 unspecified atom stereocenters. The van der Waals surface area contributed by atoms with Crippen LogP contribution in [0.1, 0.15) is 13.8 Å². The van der Waals surface area contributed by atoms with E-state index in [0.29, 0.717) is 20.7 Å². The minimum atomic E-state index is -0.428. The number of alkyl halides is 1. The molecular weight excluding hydrogens is 268 g/mol. The molecule has 11 heavy (non-hydrogen) atoms. The van der Waals surface area contributed by atoms with Gasteiger partial charge in [0.2, 0.25) is 0 Å². The summed E-state index contributed by atoms with van der Waals surface area (Å²) in [5.74, 6) is 0. The van der Waals surface area contributed by atoms with Crippen LogP contribution < -0.4 is 20.7 Å². The number of hydrogen-bond donors (Lipinski definition) is 0. The first-order chi connectivity index (χ1) is 4.99. The molecule has 0 N–H and O–H groups in total. The van der Waals surface area contributed by atoms with Crippen molar-refractivity contribution in [3.8, 4) is 0 Å². The van der Waals surface area contributed by atoms with E-state index in [-0.39, 0.29) is 0 Å². The fourth-order valence-corrected chi connectivity index (χ4v) is 6.11. The van der Waals surface area contributed by atoms with Gasteiger partial charge in [-0.25, -0.2) is 0 Å². The summed E-state index contributed by atoms with van der Waals surface area (Å²) in [7, 11) is 0. The Morgan fingerprint density at radius 2 is 1.55 bits per heavy atom. The van der Waals surface area contributed by atoms with E-state index in [9.17, 15) is 0 Å². The first kappa shape index (κ1) is 12.1. The van der Waals surface area contributed by atoms with Crippen LogP contribution in [0, 0.1) is 0 Å². The van der Waals surface area contributed by atoms with Gasteiger partial charge in [0.1, 0.15) is 0 Å². The van der Waals surface area contributed by atoms with Gasteiger partial charge in [-0.3, -0.25) is 0 Å². The van der Waals surface area contributed by atoms with Crippen molar-refractivity contribution in [1.29, 1.82) is 0 Å². The van der Waals surface area contributed by atoms with Crippen molar-refractivity contribution in [2.75, 3.05) is 37.6 Å². The van der Waals surface area contributed by atoms with Crippen molar-refractivity contribution in [3.63, 3.8) is 0 Å². The summed E-state index contributed by atoms with van der Waals surface area (Å²) in [4.78, 5) is 2.13. The van der Waals surface area contributed by atoms with Crippen molar-refractivity contribution >= 4 is 4.90 Å². The van der Waals surface area contributed by atoms with Gasteiger partial charge in [0.25, 0.3) is 0 Å². The Morgan fingerprint density at radius 1 is 1.09 bits per heavy atom. The SMILES string of the molecule is CCN(CC)C[I-][P+](C)(C)C. The Kier molecular flexibility index (Phi) is 6.29. The monoisotopic (exact) mass is 289 g/mol. The van der Waals surface area contributed by atoms with Crippen LogP contribution in [0.15, 0.2) is 0 Å². The van der Waals surface area contributed by atoms with Crippen LogP contribution in [0.3, 0.4) is 0 Å². The first-order valence-electron chi connectivity index (χ1n) is 4.14. The molecule has 0 bridgehead atoms. The van der Waals surface area contributed by atoms with Crippen LogP contribution in [0.2, 0.25) is 0 Å².